The Morgan fingerprint density at radius 2 is 2.27 bits per heavy atom. The topological polar surface area (TPSA) is 21.3 Å². The van der Waals surface area contributed by atoms with Gasteiger partial charge in [-0.1, -0.05) is 0 Å². The molecule has 2 nitrogen and oxygen atoms in total. The normalized spacial score (nSPS) is 49.6. The van der Waals surface area contributed by atoms with Crippen LogP contribution in [0, 0.1) is 5.92 Å². The quantitative estimate of drug-likeness (QED) is 0.604. The third-order valence-electron chi connectivity index (χ3n) is 3.42. The van der Waals surface area contributed by atoms with Crippen molar-refractivity contribution >= 4 is 0 Å². The molecule has 3 aliphatic rings. The van der Waals surface area contributed by atoms with Crippen molar-refractivity contribution in [2.75, 3.05) is 13.2 Å². The predicted octanol–water partition coefficient (Wildman–Crippen LogP) is 0.917. The first-order valence-electron chi connectivity index (χ1n) is 4.78. The van der Waals surface area contributed by atoms with Crippen molar-refractivity contribution in [3.63, 3.8) is 0 Å². The van der Waals surface area contributed by atoms with E-state index >= 15 is 0 Å². The van der Waals surface area contributed by atoms with Crippen LogP contribution in [0.5, 0.6) is 0 Å². The third kappa shape index (κ3) is 0.798. The lowest BCUT2D eigenvalue weighted by molar-refractivity contribution is -0.0838. The molecule has 2 heteroatoms. The van der Waals surface area contributed by atoms with Crippen LogP contribution in [-0.2, 0) is 4.74 Å². The van der Waals surface area contributed by atoms with Gasteiger partial charge in [0.15, 0.2) is 0 Å². The van der Waals surface area contributed by atoms with Crippen molar-refractivity contribution in [2.45, 2.75) is 37.3 Å². The molecule has 3 rings (SSSR count). The predicted molar refractivity (Wildman–Crippen MR) is 42.4 cm³/mol. The molecule has 0 aromatic rings. The number of nitrogens with one attached hydrogen (secondary N) is 1. The number of hydrogen-bond acceptors (Lipinski definition) is 2. The van der Waals surface area contributed by atoms with Gasteiger partial charge in [-0.2, -0.15) is 0 Å². The number of hydrogen-bond donors (Lipinski definition) is 1. The maximum Gasteiger partial charge on any atom is 0.0961 e. The second-order valence-electron chi connectivity index (χ2n) is 4.21. The highest BCUT2D eigenvalue weighted by Crippen LogP contribution is 2.46. The zero-order chi connectivity index (χ0) is 7.31. The van der Waals surface area contributed by atoms with Crippen LogP contribution in [0.2, 0.25) is 0 Å². The molecule has 0 amide bonds. The monoisotopic (exact) mass is 153 g/mol. The summed E-state index contributed by atoms with van der Waals surface area (Å²) in [6.07, 6.45) is 5.46. The van der Waals surface area contributed by atoms with Crippen molar-refractivity contribution in [3.05, 3.63) is 0 Å². The van der Waals surface area contributed by atoms with Gasteiger partial charge in [-0.25, -0.2) is 0 Å². The average molecular weight is 153 g/mol. The van der Waals surface area contributed by atoms with Gasteiger partial charge in [0.2, 0.25) is 0 Å². The maximum atomic E-state index is 5.83. The zero-order valence-electron chi connectivity index (χ0n) is 6.81. The summed E-state index contributed by atoms with van der Waals surface area (Å²) in [7, 11) is 0. The summed E-state index contributed by atoms with van der Waals surface area (Å²) in [6, 6.07) is 0.727. The first-order chi connectivity index (χ1) is 5.41. The Balaban J connectivity index is 1.75. The summed E-state index contributed by atoms with van der Waals surface area (Å²) >= 11 is 0. The molecular weight excluding hydrogens is 138 g/mol. The van der Waals surface area contributed by atoms with Crippen LogP contribution in [0.25, 0.3) is 0 Å². The lowest BCUT2D eigenvalue weighted by atomic mass is 9.81. The lowest BCUT2D eigenvalue weighted by Crippen LogP contribution is -2.68. The zero-order valence-corrected chi connectivity index (χ0v) is 6.81. The van der Waals surface area contributed by atoms with Gasteiger partial charge in [0.1, 0.15) is 0 Å². The van der Waals surface area contributed by atoms with Crippen molar-refractivity contribution in [1.82, 2.24) is 5.32 Å². The Labute approximate surface area is 67.3 Å². The molecule has 2 atom stereocenters. The Morgan fingerprint density at radius 3 is 2.73 bits per heavy atom. The molecule has 1 spiro atoms. The van der Waals surface area contributed by atoms with Gasteiger partial charge >= 0.3 is 0 Å². The van der Waals surface area contributed by atoms with Crippen LogP contribution in [-0.4, -0.2) is 24.8 Å². The van der Waals surface area contributed by atoms with Crippen molar-refractivity contribution < 1.29 is 4.74 Å². The number of ether oxygens (including phenoxy) is 1. The minimum absolute atomic E-state index is 0.307. The van der Waals surface area contributed by atoms with E-state index in [9.17, 15) is 0 Å². The molecule has 0 bridgehead atoms. The molecule has 1 N–H and O–H groups in total. The summed E-state index contributed by atoms with van der Waals surface area (Å²) in [5.41, 5.74) is 0.307. The fraction of sp³-hybridized carbons (Fsp3) is 1.00. The van der Waals surface area contributed by atoms with Crippen molar-refractivity contribution in [3.8, 4) is 0 Å². The van der Waals surface area contributed by atoms with E-state index in [4.69, 9.17) is 4.74 Å². The smallest absolute Gasteiger partial charge is 0.0961 e. The van der Waals surface area contributed by atoms with Crippen LogP contribution in [0.1, 0.15) is 25.7 Å². The SMILES string of the molecule is C1CO[C@]2(C1)CN[C@H]2C1CC1. The van der Waals surface area contributed by atoms with E-state index in [-0.39, 0.29) is 0 Å². The summed E-state index contributed by atoms with van der Waals surface area (Å²) in [4.78, 5) is 0. The van der Waals surface area contributed by atoms with E-state index < -0.39 is 0 Å². The van der Waals surface area contributed by atoms with E-state index in [2.05, 4.69) is 5.32 Å². The van der Waals surface area contributed by atoms with E-state index in [1.807, 2.05) is 0 Å². The van der Waals surface area contributed by atoms with E-state index in [1.54, 1.807) is 0 Å². The van der Waals surface area contributed by atoms with Gasteiger partial charge in [-0.15, -0.1) is 0 Å². The standard InChI is InChI=1S/C9H15NO/c1-4-9(11-5-1)6-10-8(9)7-2-3-7/h7-8,10H,1-6H2/t8-,9+/m0/s1. The van der Waals surface area contributed by atoms with Gasteiger partial charge in [0.25, 0.3) is 0 Å². The van der Waals surface area contributed by atoms with Gasteiger partial charge in [0, 0.05) is 19.2 Å². The van der Waals surface area contributed by atoms with Gasteiger partial charge in [-0.05, 0) is 31.6 Å². The Bertz CT molecular complexity index is 170. The molecule has 0 aromatic carbocycles. The number of rotatable bonds is 1. The maximum absolute atomic E-state index is 5.83. The second kappa shape index (κ2) is 1.99. The lowest BCUT2D eigenvalue weighted by Gasteiger charge is -2.47. The molecule has 0 unspecified atom stereocenters. The highest BCUT2D eigenvalue weighted by Gasteiger charge is 2.55. The largest absolute Gasteiger partial charge is 0.372 e. The molecule has 11 heavy (non-hydrogen) atoms. The highest BCUT2D eigenvalue weighted by atomic mass is 16.5. The van der Waals surface area contributed by atoms with Crippen molar-refractivity contribution in [2.24, 2.45) is 5.92 Å². The molecule has 2 aliphatic heterocycles. The summed E-state index contributed by atoms with van der Waals surface area (Å²) in [6.45, 7) is 2.12. The first kappa shape index (κ1) is 6.44. The molecular formula is C9H15NO. The third-order valence-corrected chi connectivity index (χ3v) is 3.42. The molecule has 2 saturated heterocycles. The summed E-state index contributed by atoms with van der Waals surface area (Å²) < 4.78 is 5.83. The van der Waals surface area contributed by atoms with Gasteiger partial charge < -0.3 is 10.1 Å². The molecule has 0 radical (unpaired) electrons. The molecule has 1 aliphatic carbocycles. The first-order valence-corrected chi connectivity index (χ1v) is 4.78. The van der Waals surface area contributed by atoms with Crippen LogP contribution < -0.4 is 5.32 Å². The molecule has 62 valence electrons. The molecule has 0 aromatic heterocycles. The highest BCUT2D eigenvalue weighted by molar-refractivity contribution is 5.11. The molecule has 2 heterocycles. The fourth-order valence-corrected chi connectivity index (χ4v) is 2.58. The van der Waals surface area contributed by atoms with Crippen LogP contribution >= 0.6 is 0 Å². The Hall–Kier alpha value is -0.0800. The van der Waals surface area contributed by atoms with Crippen LogP contribution in [0.3, 0.4) is 0 Å². The second-order valence-corrected chi connectivity index (χ2v) is 4.21. The van der Waals surface area contributed by atoms with Crippen LogP contribution in [0.15, 0.2) is 0 Å². The molecule has 1 saturated carbocycles. The Kier molecular flexibility index (Phi) is 1.16. The van der Waals surface area contributed by atoms with Crippen molar-refractivity contribution in [1.29, 1.82) is 0 Å². The fourth-order valence-electron chi connectivity index (χ4n) is 2.58. The van der Waals surface area contributed by atoms with Crippen LogP contribution in [0.4, 0.5) is 0 Å². The minimum Gasteiger partial charge on any atom is -0.372 e. The van der Waals surface area contributed by atoms with E-state index in [0.717, 1.165) is 25.1 Å². The Morgan fingerprint density at radius 1 is 1.36 bits per heavy atom. The average Bonchev–Trinajstić information content (AvgIpc) is 2.68. The van der Waals surface area contributed by atoms with Gasteiger partial charge in [-0.3, -0.25) is 0 Å². The molecule has 3 fully saturated rings. The summed E-state index contributed by atoms with van der Waals surface area (Å²) in [5, 5.41) is 3.52. The summed E-state index contributed by atoms with van der Waals surface area (Å²) in [5.74, 6) is 0.960. The van der Waals surface area contributed by atoms with E-state index in [0.29, 0.717) is 5.60 Å². The van der Waals surface area contributed by atoms with E-state index in [1.165, 1.54) is 25.7 Å². The minimum atomic E-state index is 0.307. The van der Waals surface area contributed by atoms with Gasteiger partial charge in [0.05, 0.1) is 5.60 Å².